The average Bonchev–Trinajstić information content (AvgIpc) is 2.91. The van der Waals surface area contributed by atoms with Gasteiger partial charge in [0, 0.05) is 30.3 Å². The van der Waals surface area contributed by atoms with Crippen molar-refractivity contribution in [2.75, 3.05) is 11.9 Å². The van der Waals surface area contributed by atoms with Crippen LogP contribution in [0.5, 0.6) is 0 Å². The number of hydrogen-bond donors (Lipinski definition) is 0. The molecule has 0 N–H and O–H groups in total. The number of carbonyl (C=O) groups excluding carboxylic acids is 1. The summed E-state index contributed by atoms with van der Waals surface area (Å²) in [6.45, 7) is 7.03. The number of anilines is 1. The Kier molecular flexibility index (Phi) is 8.98. The highest BCUT2D eigenvalue weighted by Crippen LogP contribution is 2.34. The minimum Gasteiger partial charge on any atom is -0.493 e. The summed E-state index contributed by atoms with van der Waals surface area (Å²) >= 11 is 0. The van der Waals surface area contributed by atoms with E-state index in [4.69, 9.17) is 9.47 Å². The van der Waals surface area contributed by atoms with E-state index in [1.165, 1.54) is 0 Å². The number of aldehydes is 1. The first-order chi connectivity index (χ1) is 18.0. The molecule has 0 saturated heterocycles. The topological polar surface area (TPSA) is 38.8 Å². The molecule has 1 fully saturated rings. The zero-order valence-corrected chi connectivity index (χ0v) is 21.7. The molecule has 1 saturated carbocycles. The van der Waals surface area contributed by atoms with Crippen molar-refractivity contribution in [3.05, 3.63) is 132 Å². The van der Waals surface area contributed by atoms with E-state index < -0.39 is 0 Å². The van der Waals surface area contributed by atoms with Crippen molar-refractivity contribution in [2.45, 2.75) is 39.0 Å². The number of allylic oxidation sites excluding steroid dienone is 4. The fourth-order valence-electron chi connectivity index (χ4n) is 4.40. The predicted molar refractivity (Wildman–Crippen MR) is 151 cm³/mol. The van der Waals surface area contributed by atoms with Crippen LogP contribution in [-0.4, -0.2) is 19.4 Å². The lowest BCUT2D eigenvalue weighted by Crippen LogP contribution is -2.43. The van der Waals surface area contributed by atoms with E-state index in [9.17, 15) is 4.79 Å². The number of carbonyl (C=O) groups is 1. The van der Waals surface area contributed by atoms with Crippen LogP contribution >= 0.6 is 0 Å². The minimum absolute atomic E-state index is 0.185. The molecule has 1 aliphatic carbocycles. The van der Waals surface area contributed by atoms with Gasteiger partial charge >= 0.3 is 0 Å². The van der Waals surface area contributed by atoms with Gasteiger partial charge in [-0.1, -0.05) is 79.4 Å². The molecule has 4 rings (SSSR count). The van der Waals surface area contributed by atoms with Crippen LogP contribution in [0.2, 0.25) is 0 Å². The maximum atomic E-state index is 11.1. The van der Waals surface area contributed by atoms with Crippen LogP contribution in [0.25, 0.3) is 5.57 Å². The van der Waals surface area contributed by atoms with Crippen LogP contribution in [0, 0.1) is 5.92 Å². The van der Waals surface area contributed by atoms with Crippen LogP contribution in [0.3, 0.4) is 0 Å². The molecule has 0 spiro atoms. The lowest BCUT2D eigenvalue weighted by molar-refractivity contribution is -0.113. The van der Waals surface area contributed by atoms with Gasteiger partial charge < -0.3 is 19.2 Å². The van der Waals surface area contributed by atoms with Gasteiger partial charge in [-0.3, -0.25) is 0 Å². The molecular formula is C33H35NO3. The van der Waals surface area contributed by atoms with Crippen LogP contribution in [0.4, 0.5) is 5.69 Å². The number of nitrogens with zero attached hydrogens (tertiary/aromatic N) is 1. The van der Waals surface area contributed by atoms with Crippen molar-refractivity contribution in [3.8, 4) is 0 Å². The van der Waals surface area contributed by atoms with Crippen LogP contribution < -0.4 is 4.90 Å². The largest absolute Gasteiger partial charge is 0.493 e. The molecule has 0 radical (unpaired) electrons. The van der Waals surface area contributed by atoms with Crippen LogP contribution in [0.15, 0.2) is 115 Å². The van der Waals surface area contributed by atoms with Crippen molar-refractivity contribution < 1.29 is 14.3 Å². The van der Waals surface area contributed by atoms with Crippen molar-refractivity contribution in [3.63, 3.8) is 0 Å². The maximum absolute atomic E-state index is 11.1. The first kappa shape index (κ1) is 26.0. The molecule has 0 amide bonds. The molecule has 0 aliphatic heterocycles. The smallest absolute Gasteiger partial charge is 0.123 e. The Labute approximate surface area is 220 Å². The van der Waals surface area contributed by atoms with Gasteiger partial charge in [0.05, 0.1) is 0 Å². The average molecular weight is 494 g/mol. The normalized spacial score (nSPS) is 17.5. The van der Waals surface area contributed by atoms with Crippen molar-refractivity contribution in [1.29, 1.82) is 0 Å². The van der Waals surface area contributed by atoms with E-state index in [-0.39, 0.29) is 5.92 Å². The highest BCUT2D eigenvalue weighted by molar-refractivity contribution is 5.78. The van der Waals surface area contributed by atoms with Gasteiger partial charge in [-0.15, -0.1) is 0 Å². The second-order valence-corrected chi connectivity index (χ2v) is 9.50. The molecule has 1 aliphatic rings. The lowest BCUT2D eigenvalue weighted by Gasteiger charge is -2.40. The Morgan fingerprint density at radius 3 is 2.14 bits per heavy atom. The van der Waals surface area contributed by atoms with E-state index in [2.05, 4.69) is 54.9 Å². The predicted octanol–water partition coefficient (Wildman–Crippen LogP) is 7.33. The third-order valence-corrected chi connectivity index (χ3v) is 6.83. The molecule has 0 unspecified atom stereocenters. The summed E-state index contributed by atoms with van der Waals surface area (Å²) < 4.78 is 12.1. The molecular weight excluding hydrogens is 458 g/mol. The summed E-state index contributed by atoms with van der Waals surface area (Å²) in [6, 6.07) is 29.0. The van der Waals surface area contributed by atoms with E-state index in [1.54, 1.807) is 0 Å². The highest BCUT2D eigenvalue weighted by Gasteiger charge is 2.31. The van der Waals surface area contributed by atoms with E-state index in [0.29, 0.717) is 25.0 Å². The van der Waals surface area contributed by atoms with Crippen LogP contribution in [-0.2, 0) is 27.5 Å². The quantitative estimate of drug-likeness (QED) is 0.150. The Balaban J connectivity index is 1.53. The van der Waals surface area contributed by atoms with Gasteiger partial charge in [0.25, 0.3) is 0 Å². The van der Waals surface area contributed by atoms with E-state index in [1.807, 2.05) is 67.6 Å². The maximum Gasteiger partial charge on any atom is 0.123 e. The Morgan fingerprint density at radius 1 is 0.892 bits per heavy atom. The van der Waals surface area contributed by atoms with Crippen molar-refractivity contribution >= 4 is 17.5 Å². The SMILES string of the molecule is C=C(/C=C\C(=C(/C)OCc1ccccc1)c1cccc(N(C)C2CC(C=O)C2)c1)OCc1ccccc1. The summed E-state index contributed by atoms with van der Waals surface area (Å²) in [5.41, 5.74) is 5.35. The summed E-state index contributed by atoms with van der Waals surface area (Å²) in [4.78, 5) is 13.3. The summed E-state index contributed by atoms with van der Waals surface area (Å²) in [6.07, 6.45) is 6.80. The Hall–Kier alpha value is -4.05. The molecule has 0 heterocycles. The van der Waals surface area contributed by atoms with Gasteiger partial charge in [0.2, 0.25) is 0 Å². The number of hydrogen-bond acceptors (Lipinski definition) is 4. The molecule has 4 heteroatoms. The van der Waals surface area contributed by atoms with Crippen LogP contribution in [0.1, 0.15) is 36.5 Å². The zero-order chi connectivity index (χ0) is 26.0. The minimum atomic E-state index is 0.185. The second-order valence-electron chi connectivity index (χ2n) is 9.50. The lowest BCUT2D eigenvalue weighted by atomic mass is 9.80. The fraction of sp³-hybridized carbons (Fsp3) is 0.242. The molecule has 0 atom stereocenters. The first-order valence-electron chi connectivity index (χ1n) is 12.7. The zero-order valence-electron chi connectivity index (χ0n) is 21.7. The third kappa shape index (κ3) is 7.23. The molecule has 3 aromatic carbocycles. The van der Waals surface area contributed by atoms with Crippen molar-refractivity contribution in [2.24, 2.45) is 5.92 Å². The second kappa shape index (κ2) is 12.8. The molecule has 4 nitrogen and oxygen atoms in total. The monoisotopic (exact) mass is 493 g/mol. The molecule has 190 valence electrons. The molecule has 37 heavy (non-hydrogen) atoms. The van der Waals surface area contributed by atoms with E-state index >= 15 is 0 Å². The van der Waals surface area contributed by atoms with Gasteiger partial charge in [-0.2, -0.15) is 0 Å². The Bertz CT molecular complexity index is 1240. The molecule has 3 aromatic rings. The van der Waals surface area contributed by atoms with Gasteiger partial charge in [-0.25, -0.2) is 0 Å². The number of ether oxygens (including phenoxy) is 2. The first-order valence-corrected chi connectivity index (χ1v) is 12.7. The highest BCUT2D eigenvalue weighted by atomic mass is 16.5. The molecule has 0 bridgehead atoms. The van der Waals surface area contributed by atoms with Gasteiger partial charge in [-0.05, 0) is 60.7 Å². The summed E-state index contributed by atoms with van der Waals surface area (Å²) in [5.74, 6) is 1.59. The Morgan fingerprint density at radius 2 is 1.51 bits per heavy atom. The number of rotatable bonds is 12. The number of benzene rings is 3. The summed E-state index contributed by atoms with van der Waals surface area (Å²) in [7, 11) is 2.10. The summed E-state index contributed by atoms with van der Waals surface area (Å²) in [5, 5.41) is 0. The van der Waals surface area contributed by atoms with Gasteiger partial charge in [0.1, 0.15) is 31.0 Å². The fourth-order valence-corrected chi connectivity index (χ4v) is 4.40. The van der Waals surface area contributed by atoms with Gasteiger partial charge in [0.15, 0.2) is 0 Å². The molecule has 0 aromatic heterocycles. The van der Waals surface area contributed by atoms with Crippen molar-refractivity contribution in [1.82, 2.24) is 0 Å². The van der Waals surface area contributed by atoms with E-state index in [0.717, 1.165) is 52.8 Å². The third-order valence-electron chi connectivity index (χ3n) is 6.83. The standard InChI is InChI=1S/C33H35NO3/c1-25(36-23-27-11-6-4-7-12-27)17-18-33(26(2)37-24-28-13-8-5-9-14-28)30-15-10-16-31(21-30)34(3)32-19-29(20-32)22-35/h4-18,21-22,29,32H,1,19-20,23-24H2,2-3H3/b18-17-,33-26-.